The van der Waals surface area contributed by atoms with Crippen LogP contribution in [0.4, 0.5) is 0 Å². The fraction of sp³-hybridized carbons (Fsp3) is 0. The van der Waals surface area contributed by atoms with Crippen molar-refractivity contribution in [1.82, 2.24) is 45.2 Å². The van der Waals surface area contributed by atoms with Crippen LogP contribution in [0.5, 0.6) is 34.5 Å². The number of hydrogen-bond donors (Lipinski definition) is 7. The van der Waals surface area contributed by atoms with Crippen molar-refractivity contribution >= 4 is 0 Å². The van der Waals surface area contributed by atoms with Crippen LogP contribution in [-0.2, 0) is 0 Å². The molecule has 0 aliphatic heterocycles. The second-order valence-electron chi connectivity index (χ2n) is 12.1. The number of imidazole rings is 1. The van der Waals surface area contributed by atoms with E-state index in [1.165, 1.54) is 9.48 Å². The Morgan fingerprint density at radius 1 is 0.439 bits per heavy atom. The number of nitrogens with zero attached hydrogens (tertiary/aromatic N) is 8. The number of aromatic amines is 1. The van der Waals surface area contributed by atoms with Crippen LogP contribution in [0.2, 0.25) is 0 Å². The average molecular weight is 760 g/mol. The SMILES string of the molecule is Oc1ccccc1-c1cn(-c2ccccc2O)nn1.Oc1ccccc1-c1cnc(-c2ccccc2O)[nH]1.Oc1ccccc1-c1nnn(-c2ccccc2O)n1. The van der Waals surface area contributed by atoms with Crippen molar-refractivity contribution in [2.24, 2.45) is 0 Å². The Morgan fingerprint density at radius 2 is 0.912 bits per heavy atom. The predicted molar refractivity (Wildman–Crippen MR) is 211 cm³/mol. The first kappa shape index (κ1) is 36.9. The van der Waals surface area contributed by atoms with Crippen molar-refractivity contribution in [2.75, 3.05) is 0 Å². The molecule has 0 radical (unpaired) electrons. The first-order chi connectivity index (χ1) is 27.8. The molecule has 9 rings (SSSR count). The van der Waals surface area contributed by atoms with Crippen LogP contribution in [0.15, 0.2) is 158 Å². The minimum absolute atomic E-state index is 0.0590. The lowest BCUT2D eigenvalue weighted by molar-refractivity contribution is 0.466. The molecule has 0 fully saturated rings. The zero-order valence-corrected chi connectivity index (χ0v) is 29.8. The Bertz CT molecular complexity index is 2280. The largest absolute Gasteiger partial charge is 0.507 e. The quantitative estimate of drug-likeness (QED) is 0.0891. The lowest BCUT2D eigenvalue weighted by atomic mass is 10.1. The maximum atomic E-state index is 9.80. The van der Waals surface area contributed by atoms with Gasteiger partial charge in [0.2, 0.25) is 5.82 Å². The molecule has 0 amide bonds. The van der Waals surface area contributed by atoms with Crippen LogP contribution in [0.1, 0.15) is 0 Å². The Labute approximate surface area is 324 Å². The first-order valence-electron chi connectivity index (χ1n) is 17.2. The molecule has 0 saturated carbocycles. The van der Waals surface area contributed by atoms with E-state index < -0.39 is 0 Å². The lowest BCUT2D eigenvalue weighted by Gasteiger charge is -2.02. The van der Waals surface area contributed by atoms with Crippen molar-refractivity contribution < 1.29 is 30.6 Å². The number of nitrogens with one attached hydrogen (secondary N) is 1. The molecule has 9 aromatic rings. The Hall–Kier alpha value is -8.46. The molecule has 15 heteroatoms. The molecule has 7 N–H and O–H groups in total. The van der Waals surface area contributed by atoms with E-state index in [1.54, 1.807) is 140 Å². The molecule has 282 valence electrons. The summed E-state index contributed by atoms with van der Waals surface area (Å²) in [5, 5.41) is 78.4. The summed E-state index contributed by atoms with van der Waals surface area (Å²) < 4.78 is 1.47. The number of para-hydroxylation sites is 8. The molecule has 0 unspecified atom stereocenters. The summed E-state index contributed by atoms with van der Waals surface area (Å²) >= 11 is 0. The molecule has 0 saturated heterocycles. The van der Waals surface area contributed by atoms with Crippen LogP contribution in [0.25, 0.3) is 56.7 Å². The van der Waals surface area contributed by atoms with E-state index in [9.17, 15) is 30.6 Å². The summed E-state index contributed by atoms with van der Waals surface area (Å²) in [5.41, 5.74) is 4.61. The van der Waals surface area contributed by atoms with Gasteiger partial charge in [-0.1, -0.05) is 78.0 Å². The molecule has 0 spiro atoms. The van der Waals surface area contributed by atoms with Gasteiger partial charge in [-0.3, -0.25) is 0 Å². The van der Waals surface area contributed by atoms with Crippen molar-refractivity contribution in [1.29, 1.82) is 0 Å². The number of benzene rings is 6. The minimum Gasteiger partial charge on any atom is -0.507 e. The lowest BCUT2D eigenvalue weighted by Crippen LogP contribution is -1.99. The van der Waals surface area contributed by atoms with Crippen molar-refractivity contribution in [3.05, 3.63) is 158 Å². The number of phenolic OH excluding ortho intramolecular Hbond substituents is 6. The summed E-state index contributed by atoms with van der Waals surface area (Å²) in [7, 11) is 0. The van der Waals surface area contributed by atoms with Gasteiger partial charge in [0.15, 0.2) is 0 Å². The van der Waals surface area contributed by atoms with Gasteiger partial charge in [-0.2, -0.15) is 0 Å². The standard InChI is InChI=1S/C15H12N2O2.C14H11N3O2.C13H10N4O2/c18-13-7-3-1-5-10(13)12-9-16-15(17-12)11-6-2-4-8-14(11)19;18-13-7-3-1-5-10(13)11-9-17(16-15-11)12-6-2-4-8-14(12)19;18-11-7-3-1-5-9(11)13-14-16-17(15-13)10-6-2-4-8-12(10)19/h1-9,18-19H,(H,16,17);1-9,18-19H;1-8,18-19H. The van der Waals surface area contributed by atoms with E-state index in [-0.39, 0.29) is 34.5 Å². The number of phenols is 6. The number of aromatic nitrogens is 9. The van der Waals surface area contributed by atoms with E-state index in [0.717, 1.165) is 0 Å². The molecule has 57 heavy (non-hydrogen) atoms. The number of aromatic hydroxyl groups is 6. The number of H-pyrrole nitrogens is 1. The zero-order valence-electron chi connectivity index (χ0n) is 29.8. The van der Waals surface area contributed by atoms with E-state index in [4.69, 9.17) is 0 Å². The molecule has 0 aliphatic carbocycles. The smallest absolute Gasteiger partial charge is 0.209 e. The van der Waals surface area contributed by atoms with Gasteiger partial charge in [0.1, 0.15) is 57.4 Å². The monoisotopic (exact) mass is 759 g/mol. The van der Waals surface area contributed by atoms with E-state index in [2.05, 4.69) is 35.7 Å². The van der Waals surface area contributed by atoms with Crippen molar-refractivity contribution in [2.45, 2.75) is 0 Å². The maximum absolute atomic E-state index is 9.80. The van der Waals surface area contributed by atoms with E-state index in [0.29, 0.717) is 56.7 Å². The van der Waals surface area contributed by atoms with Gasteiger partial charge in [0.25, 0.3) is 0 Å². The Kier molecular flexibility index (Phi) is 10.8. The topological polar surface area (TPSA) is 224 Å². The number of rotatable bonds is 6. The fourth-order valence-corrected chi connectivity index (χ4v) is 5.54. The zero-order chi connectivity index (χ0) is 39.7. The van der Waals surface area contributed by atoms with Crippen LogP contribution in [0, 0.1) is 0 Å². The molecule has 0 atom stereocenters. The number of tetrazole rings is 1. The van der Waals surface area contributed by atoms with E-state index in [1.807, 2.05) is 18.2 Å². The van der Waals surface area contributed by atoms with Crippen molar-refractivity contribution in [3.8, 4) is 91.2 Å². The molecule has 6 aromatic carbocycles. The molecular weight excluding hydrogens is 727 g/mol. The predicted octanol–water partition coefficient (Wildman–Crippen LogP) is 7.24. The second-order valence-corrected chi connectivity index (χ2v) is 12.1. The highest BCUT2D eigenvalue weighted by molar-refractivity contribution is 5.71. The van der Waals surface area contributed by atoms with Gasteiger partial charge < -0.3 is 35.6 Å². The summed E-state index contributed by atoms with van der Waals surface area (Å²) in [6.45, 7) is 0. The third-order valence-corrected chi connectivity index (χ3v) is 8.39. The second kappa shape index (κ2) is 16.7. The summed E-state index contributed by atoms with van der Waals surface area (Å²) in [5.74, 6) is 1.62. The van der Waals surface area contributed by atoms with Crippen LogP contribution in [-0.4, -0.2) is 75.8 Å². The summed E-state index contributed by atoms with van der Waals surface area (Å²) in [6.07, 6.45) is 3.29. The molecule has 15 nitrogen and oxygen atoms in total. The molecule has 3 heterocycles. The molecular formula is C42H33N9O6. The third-order valence-electron chi connectivity index (χ3n) is 8.39. The average Bonchev–Trinajstić information content (AvgIpc) is 4.02. The Balaban J connectivity index is 0.000000131. The maximum Gasteiger partial charge on any atom is 0.209 e. The van der Waals surface area contributed by atoms with Gasteiger partial charge in [0.05, 0.1) is 29.2 Å². The Morgan fingerprint density at radius 3 is 1.47 bits per heavy atom. The van der Waals surface area contributed by atoms with Gasteiger partial charge in [0, 0.05) is 11.1 Å². The van der Waals surface area contributed by atoms with Gasteiger partial charge in [-0.15, -0.1) is 20.1 Å². The van der Waals surface area contributed by atoms with Gasteiger partial charge in [-0.05, 0) is 78.0 Å². The van der Waals surface area contributed by atoms with E-state index >= 15 is 0 Å². The highest BCUT2D eigenvalue weighted by atomic mass is 16.3. The van der Waals surface area contributed by atoms with Crippen LogP contribution in [0.3, 0.4) is 0 Å². The number of hydrogen-bond acceptors (Lipinski definition) is 12. The minimum atomic E-state index is 0.0590. The first-order valence-corrected chi connectivity index (χ1v) is 17.2. The molecule has 0 aliphatic rings. The summed E-state index contributed by atoms with van der Waals surface area (Å²) in [6, 6.07) is 41.2. The third kappa shape index (κ3) is 8.37. The highest BCUT2D eigenvalue weighted by Crippen LogP contribution is 2.32. The molecule has 0 bridgehead atoms. The van der Waals surface area contributed by atoms with Crippen LogP contribution >= 0.6 is 0 Å². The fourth-order valence-electron chi connectivity index (χ4n) is 5.54. The van der Waals surface area contributed by atoms with Crippen molar-refractivity contribution in [3.63, 3.8) is 0 Å². The molecule has 3 aromatic heterocycles. The highest BCUT2D eigenvalue weighted by Gasteiger charge is 2.14. The summed E-state index contributed by atoms with van der Waals surface area (Å²) in [4.78, 5) is 8.55. The normalized spacial score (nSPS) is 10.5. The van der Waals surface area contributed by atoms with Crippen LogP contribution < -0.4 is 0 Å². The van der Waals surface area contributed by atoms with Gasteiger partial charge in [-0.25, -0.2) is 9.67 Å². The van der Waals surface area contributed by atoms with Gasteiger partial charge >= 0.3 is 0 Å².